The zero-order chi connectivity index (χ0) is 20.5. The molecule has 0 amide bonds. The van der Waals surface area contributed by atoms with Gasteiger partial charge in [0, 0.05) is 17.8 Å². The first-order chi connectivity index (χ1) is 14.6. The van der Waals surface area contributed by atoms with Gasteiger partial charge in [-0.05, 0) is 35.5 Å². The molecule has 158 valence electrons. The average Bonchev–Trinajstić information content (AvgIpc) is 3.17. The minimum absolute atomic E-state index is 0. The molecule has 3 aromatic heterocycles. The van der Waals surface area contributed by atoms with Crippen LogP contribution in [0.1, 0.15) is 24.3 Å². The Labute approximate surface area is 177 Å². The van der Waals surface area contributed by atoms with Crippen LogP contribution in [0.4, 0.5) is 4.39 Å². The van der Waals surface area contributed by atoms with Crippen molar-refractivity contribution in [2.75, 3.05) is 0 Å². The third kappa shape index (κ3) is 4.36. The first kappa shape index (κ1) is 20.4. The molecule has 4 aromatic rings. The third-order valence-electron chi connectivity index (χ3n) is 5.16. The van der Waals surface area contributed by atoms with E-state index in [1.54, 1.807) is 0 Å². The highest BCUT2D eigenvalue weighted by molar-refractivity contribution is 5.59. The van der Waals surface area contributed by atoms with E-state index in [2.05, 4.69) is 32.2 Å². The van der Waals surface area contributed by atoms with Gasteiger partial charge >= 0.3 is 0 Å². The smallest absolute Gasteiger partial charge is 0.252 e. The van der Waals surface area contributed by atoms with Gasteiger partial charge in [-0.1, -0.05) is 24.3 Å². The highest BCUT2D eigenvalue weighted by atomic mass is 19.1. The topological polar surface area (TPSA) is 129 Å². The van der Waals surface area contributed by atoms with Crippen molar-refractivity contribution in [1.29, 1.82) is 0 Å². The lowest BCUT2D eigenvalue weighted by atomic mass is 9.77. The van der Waals surface area contributed by atoms with Gasteiger partial charge in [0.25, 0.3) is 5.88 Å². The molecule has 5 rings (SSSR count). The van der Waals surface area contributed by atoms with E-state index in [9.17, 15) is 9.50 Å². The van der Waals surface area contributed by atoms with Crippen molar-refractivity contribution in [1.82, 2.24) is 26.3 Å². The van der Waals surface area contributed by atoms with Crippen molar-refractivity contribution in [2.45, 2.75) is 24.9 Å². The zero-order valence-electron chi connectivity index (χ0n) is 16.5. The van der Waals surface area contributed by atoms with Crippen LogP contribution in [0, 0.1) is 5.82 Å². The minimum Gasteiger partial charge on any atom is -0.491 e. The summed E-state index contributed by atoms with van der Waals surface area (Å²) in [7, 11) is 0. The Kier molecular flexibility index (Phi) is 5.59. The molecule has 0 bridgehead atoms. The van der Waals surface area contributed by atoms with E-state index >= 15 is 0 Å². The maximum absolute atomic E-state index is 13.4. The van der Waals surface area contributed by atoms with Gasteiger partial charge in [0.15, 0.2) is 5.76 Å². The normalized spacial score (nSPS) is 17.5. The highest BCUT2D eigenvalue weighted by Gasteiger charge is 2.32. The quantitative estimate of drug-likeness (QED) is 0.481. The molecule has 8 nitrogen and oxygen atoms in total. The number of aromatic nitrogens is 4. The van der Waals surface area contributed by atoms with Gasteiger partial charge in [-0.15, -0.1) is 0 Å². The Balaban J connectivity index is 0.00000231. The summed E-state index contributed by atoms with van der Waals surface area (Å²) in [6, 6.07) is 12.2. The second-order valence-electron chi connectivity index (χ2n) is 7.18. The molecule has 1 aromatic carbocycles. The van der Waals surface area contributed by atoms with Crippen molar-refractivity contribution in [3.8, 4) is 34.5 Å². The first-order valence-corrected chi connectivity index (χ1v) is 9.51. The van der Waals surface area contributed by atoms with E-state index < -0.39 is 0 Å². The van der Waals surface area contributed by atoms with Crippen LogP contribution in [0.25, 0.3) is 22.7 Å². The van der Waals surface area contributed by atoms with E-state index in [1.807, 2.05) is 12.1 Å². The number of nitrogens with zero attached hydrogens (tertiary/aromatic N) is 4. The Bertz CT molecular complexity index is 1160. The SMILES string of the molecule is N.Oc1cc(-c2cnc(O[C@H]3C[C@@H](c4ccc(-c5cc(F)ccn5)cc4)C3)cn2)on1. The fourth-order valence-corrected chi connectivity index (χ4v) is 3.48. The predicted octanol–water partition coefficient (Wildman–Crippen LogP) is 4.53. The standard InChI is InChI=1S/C22H17FN4O3.H3N/c23-16-5-6-24-18(9-16)14-3-1-13(2-4-14)15-7-17(8-15)29-22-12-25-19(11-26-22)20-10-21(28)27-30-20;/h1-6,9-12,15,17H,7-8H2,(H,27,28);1H3/t15-,17+;. The molecule has 0 saturated heterocycles. The number of hydrogen-bond acceptors (Lipinski definition) is 8. The summed E-state index contributed by atoms with van der Waals surface area (Å²) in [6.07, 6.45) is 6.37. The molecule has 9 heteroatoms. The van der Waals surface area contributed by atoms with E-state index in [1.165, 1.54) is 42.4 Å². The van der Waals surface area contributed by atoms with Crippen LogP contribution < -0.4 is 10.9 Å². The van der Waals surface area contributed by atoms with Gasteiger partial charge in [0.1, 0.15) is 17.6 Å². The van der Waals surface area contributed by atoms with Crippen molar-refractivity contribution < 1.29 is 18.8 Å². The summed E-state index contributed by atoms with van der Waals surface area (Å²) in [5.74, 6) is 0.700. The monoisotopic (exact) mass is 421 g/mol. The summed E-state index contributed by atoms with van der Waals surface area (Å²) in [4.78, 5) is 12.7. The van der Waals surface area contributed by atoms with Crippen molar-refractivity contribution in [2.24, 2.45) is 0 Å². The Hall–Kier alpha value is -3.85. The molecule has 0 unspecified atom stereocenters. The van der Waals surface area contributed by atoms with Gasteiger partial charge in [-0.2, -0.15) is 0 Å². The number of aromatic hydroxyl groups is 1. The minimum atomic E-state index is -0.293. The van der Waals surface area contributed by atoms with Crippen LogP contribution in [-0.2, 0) is 0 Å². The first-order valence-electron chi connectivity index (χ1n) is 9.51. The molecule has 3 heterocycles. The molecule has 1 aliphatic rings. The van der Waals surface area contributed by atoms with Crippen LogP contribution >= 0.6 is 0 Å². The summed E-state index contributed by atoms with van der Waals surface area (Å²) < 4.78 is 24.2. The van der Waals surface area contributed by atoms with Crippen molar-refractivity contribution in [3.05, 3.63) is 72.4 Å². The number of hydrogen-bond donors (Lipinski definition) is 2. The fraction of sp³-hybridized carbons (Fsp3) is 0.182. The van der Waals surface area contributed by atoms with Crippen LogP contribution in [0.15, 0.2) is 65.6 Å². The number of ether oxygens (including phenoxy) is 1. The van der Waals surface area contributed by atoms with Crippen molar-refractivity contribution >= 4 is 0 Å². The second-order valence-corrected chi connectivity index (χ2v) is 7.18. The summed E-state index contributed by atoms with van der Waals surface area (Å²) in [5.41, 5.74) is 3.20. The van der Waals surface area contributed by atoms with E-state index in [0.717, 1.165) is 18.4 Å². The third-order valence-corrected chi connectivity index (χ3v) is 5.16. The van der Waals surface area contributed by atoms with Gasteiger partial charge in [0.2, 0.25) is 5.88 Å². The molecule has 0 radical (unpaired) electrons. The molecule has 0 aliphatic heterocycles. The molecule has 0 spiro atoms. The van der Waals surface area contributed by atoms with E-state index in [4.69, 9.17) is 9.26 Å². The van der Waals surface area contributed by atoms with Crippen LogP contribution in [0.5, 0.6) is 11.8 Å². The van der Waals surface area contributed by atoms with Crippen molar-refractivity contribution in [3.63, 3.8) is 0 Å². The van der Waals surface area contributed by atoms with Gasteiger partial charge in [0.05, 0.1) is 24.2 Å². The lowest BCUT2D eigenvalue weighted by Gasteiger charge is -2.35. The number of halogens is 1. The zero-order valence-corrected chi connectivity index (χ0v) is 16.5. The highest BCUT2D eigenvalue weighted by Crippen LogP contribution is 2.39. The molecule has 31 heavy (non-hydrogen) atoms. The molecule has 0 atom stereocenters. The molecular formula is C22H20FN5O3. The maximum atomic E-state index is 13.4. The largest absolute Gasteiger partial charge is 0.491 e. The van der Waals surface area contributed by atoms with E-state index in [0.29, 0.717) is 28.9 Å². The Morgan fingerprint density at radius 3 is 2.42 bits per heavy atom. The fourth-order valence-electron chi connectivity index (χ4n) is 3.48. The van der Waals surface area contributed by atoms with Gasteiger partial charge in [-0.3, -0.25) is 4.98 Å². The average molecular weight is 421 g/mol. The lowest BCUT2D eigenvalue weighted by Crippen LogP contribution is -2.32. The summed E-state index contributed by atoms with van der Waals surface area (Å²) >= 11 is 0. The summed E-state index contributed by atoms with van der Waals surface area (Å²) in [5, 5.41) is 12.6. The number of pyridine rings is 1. The summed E-state index contributed by atoms with van der Waals surface area (Å²) in [6.45, 7) is 0. The van der Waals surface area contributed by atoms with Gasteiger partial charge in [-0.25, -0.2) is 14.4 Å². The molecule has 1 saturated carbocycles. The number of benzene rings is 1. The van der Waals surface area contributed by atoms with E-state index in [-0.39, 0.29) is 24.0 Å². The van der Waals surface area contributed by atoms with Crippen LogP contribution in [-0.4, -0.2) is 31.3 Å². The molecular weight excluding hydrogens is 401 g/mol. The van der Waals surface area contributed by atoms with Crippen LogP contribution in [0.2, 0.25) is 0 Å². The second kappa shape index (κ2) is 8.49. The molecule has 1 fully saturated rings. The lowest BCUT2D eigenvalue weighted by molar-refractivity contribution is 0.0931. The van der Waals surface area contributed by atoms with Crippen LogP contribution in [0.3, 0.4) is 0 Å². The number of rotatable bonds is 5. The maximum Gasteiger partial charge on any atom is 0.252 e. The molecule has 1 aliphatic carbocycles. The van der Waals surface area contributed by atoms with Gasteiger partial charge < -0.3 is 20.5 Å². The Morgan fingerprint density at radius 1 is 0.968 bits per heavy atom. The predicted molar refractivity (Wildman–Crippen MR) is 110 cm³/mol. The Morgan fingerprint density at radius 2 is 1.77 bits per heavy atom. The molecule has 4 N–H and O–H groups in total.